The average Bonchev–Trinajstić information content (AvgIpc) is 3.07. The molecule has 3 heterocycles. The Hall–Kier alpha value is -2.53. The summed E-state index contributed by atoms with van der Waals surface area (Å²) in [5.74, 6) is -0.767. The second kappa shape index (κ2) is 8.46. The number of halogens is 2. The van der Waals surface area contributed by atoms with Crippen molar-refractivity contribution in [3.05, 3.63) is 87.3 Å². The van der Waals surface area contributed by atoms with Gasteiger partial charge in [-0.1, -0.05) is 24.3 Å². The van der Waals surface area contributed by atoms with Crippen LogP contribution in [-0.2, 0) is 20.9 Å². The van der Waals surface area contributed by atoms with Crippen molar-refractivity contribution in [3.8, 4) is 0 Å². The van der Waals surface area contributed by atoms with Crippen molar-refractivity contribution in [2.75, 3.05) is 13.2 Å². The van der Waals surface area contributed by atoms with Gasteiger partial charge in [0.15, 0.2) is 23.0 Å². The summed E-state index contributed by atoms with van der Waals surface area (Å²) in [6.07, 6.45) is 2.88. The van der Waals surface area contributed by atoms with E-state index in [0.29, 0.717) is 31.0 Å². The molecular formula is C20H17FIN3O4. The van der Waals surface area contributed by atoms with Gasteiger partial charge in [-0.25, -0.2) is 9.18 Å². The number of hydrogen-bond acceptors (Lipinski definition) is 5. The van der Waals surface area contributed by atoms with Gasteiger partial charge in [-0.15, -0.1) is 0 Å². The van der Waals surface area contributed by atoms with Crippen LogP contribution in [0.15, 0.2) is 53.6 Å². The molecule has 1 aliphatic heterocycles. The highest BCUT2D eigenvalue weighted by molar-refractivity contribution is 14.1. The number of carbonyl (C=O) groups excluding carboxylic acids is 1. The van der Waals surface area contributed by atoms with Gasteiger partial charge in [-0.05, 0) is 17.2 Å². The van der Waals surface area contributed by atoms with Crippen molar-refractivity contribution >= 4 is 29.0 Å². The fraction of sp³-hybridized carbons (Fsp3) is 0.250. The van der Waals surface area contributed by atoms with E-state index in [1.54, 1.807) is 33.9 Å². The summed E-state index contributed by atoms with van der Waals surface area (Å²) in [4.78, 5) is 23.9. The molecule has 2 aromatic heterocycles. The molecule has 0 bridgehead atoms. The lowest BCUT2D eigenvalue weighted by molar-refractivity contribution is 0.00608. The maximum absolute atomic E-state index is 13.3. The topological polar surface area (TPSA) is 75.4 Å². The SMILES string of the molecule is O=C(OI)c1cn(Cc2ccc(Cn3cc(F)ccc3=O)cc2)nc1C1COC1. The number of pyridine rings is 1. The molecule has 7 nitrogen and oxygen atoms in total. The van der Waals surface area contributed by atoms with Gasteiger partial charge >= 0.3 is 5.97 Å². The zero-order valence-corrected chi connectivity index (χ0v) is 17.4. The molecule has 0 N–H and O–H groups in total. The highest BCUT2D eigenvalue weighted by Crippen LogP contribution is 2.27. The lowest BCUT2D eigenvalue weighted by atomic mass is 10.0. The summed E-state index contributed by atoms with van der Waals surface area (Å²) in [5, 5.41) is 4.55. The number of aromatic nitrogens is 3. The second-order valence-electron chi connectivity index (χ2n) is 6.85. The molecule has 1 saturated heterocycles. The molecule has 150 valence electrons. The van der Waals surface area contributed by atoms with Crippen molar-refractivity contribution in [3.63, 3.8) is 0 Å². The largest absolute Gasteiger partial charge is 0.391 e. The summed E-state index contributed by atoms with van der Waals surface area (Å²) in [5.41, 5.74) is 2.75. The van der Waals surface area contributed by atoms with Crippen LogP contribution in [-0.4, -0.2) is 33.5 Å². The molecule has 0 radical (unpaired) electrons. The van der Waals surface area contributed by atoms with Crippen LogP contribution in [0.5, 0.6) is 0 Å². The first kappa shape index (κ1) is 19.8. The van der Waals surface area contributed by atoms with Gasteiger partial charge in [-0.2, -0.15) is 5.10 Å². The fourth-order valence-corrected chi connectivity index (χ4v) is 3.41. The number of nitrogens with zero attached hydrogens (tertiary/aromatic N) is 3. The van der Waals surface area contributed by atoms with Crippen molar-refractivity contribution in [1.82, 2.24) is 14.3 Å². The second-order valence-corrected chi connectivity index (χ2v) is 7.29. The third-order valence-corrected chi connectivity index (χ3v) is 5.17. The third kappa shape index (κ3) is 4.40. The van der Waals surface area contributed by atoms with E-state index in [-0.39, 0.29) is 18.0 Å². The molecule has 0 spiro atoms. The first-order chi connectivity index (χ1) is 14.0. The van der Waals surface area contributed by atoms with E-state index in [2.05, 4.69) is 5.10 Å². The number of benzene rings is 1. The van der Waals surface area contributed by atoms with E-state index in [4.69, 9.17) is 7.80 Å². The predicted molar refractivity (Wildman–Crippen MR) is 111 cm³/mol. The lowest BCUT2D eigenvalue weighted by Crippen LogP contribution is -2.27. The van der Waals surface area contributed by atoms with Gasteiger partial charge < -0.3 is 12.4 Å². The molecular weight excluding hydrogens is 492 g/mol. The summed E-state index contributed by atoms with van der Waals surface area (Å²) in [6, 6.07) is 9.98. The molecule has 3 aromatic rings. The molecule has 1 fully saturated rings. The standard InChI is InChI=1S/C20H17FIN3O4/c21-16-5-6-18(26)24(9-16)7-13-1-3-14(4-2-13)8-25-10-17(20(27)29-22)19(23-25)15-11-28-12-15/h1-6,9-10,15H,7-8,11-12H2. The van der Waals surface area contributed by atoms with Gasteiger partial charge in [0.05, 0.1) is 37.9 Å². The van der Waals surface area contributed by atoms with Crippen molar-refractivity contribution in [2.24, 2.45) is 0 Å². The molecule has 0 unspecified atom stereocenters. The van der Waals surface area contributed by atoms with Crippen molar-refractivity contribution < 1.29 is 17.0 Å². The Morgan fingerprint density at radius 1 is 1.14 bits per heavy atom. The molecule has 29 heavy (non-hydrogen) atoms. The quantitative estimate of drug-likeness (QED) is 0.478. The van der Waals surface area contributed by atoms with Gasteiger partial charge in [0, 0.05) is 18.5 Å². The molecule has 9 heteroatoms. The van der Waals surface area contributed by atoms with Gasteiger partial charge in [-0.3, -0.25) is 9.48 Å². The maximum atomic E-state index is 13.3. The van der Waals surface area contributed by atoms with E-state index < -0.39 is 11.8 Å². The van der Waals surface area contributed by atoms with E-state index in [1.807, 2.05) is 24.3 Å². The summed E-state index contributed by atoms with van der Waals surface area (Å²) in [7, 11) is 0. The highest BCUT2D eigenvalue weighted by Gasteiger charge is 2.29. The number of hydrogen-bond donors (Lipinski definition) is 0. The molecule has 0 saturated carbocycles. The molecule has 1 aliphatic rings. The lowest BCUT2D eigenvalue weighted by Gasteiger charge is -2.24. The minimum Gasteiger partial charge on any atom is -0.391 e. The summed E-state index contributed by atoms with van der Waals surface area (Å²) in [6.45, 7) is 1.87. The Morgan fingerprint density at radius 3 is 2.45 bits per heavy atom. The minimum atomic E-state index is -0.451. The molecule has 0 atom stereocenters. The smallest absolute Gasteiger partial charge is 0.351 e. The first-order valence-electron chi connectivity index (χ1n) is 8.95. The Labute approximate surface area is 179 Å². The zero-order chi connectivity index (χ0) is 20.4. The Kier molecular flexibility index (Phi) is 5.76. The Morgan fingerprint density at radius 2 is 1.83 bits per heavy atom. The first-order valence-corrected chi connectivity index (χ1v) is 9.83. The Bertz CT molecular complexity index is 1090. The molecule has 0 aliphatic carbocycles. The molecule has 1 aromatic carbocycles. The van der Waals surface area contributed by atoms with E-state index >= 15 is 0 Å². The van der Waals surface area contributed by atoms with Crippen LogP contribution in [0.1, 0.15) is 33.1 Å². The van der Waals surface area contributed by atoms with Crippen LogP contribution in [0.4, 0.5) is 4.39 Å². The van der Waals surface area contributed by atoms with Crippen LogP contribution in [0.2, 0.25) is 0 Å². The van der Waals surface area contributed by atoms with E-state index in [0.717, 1.165) is 17.2 Å². The number of ether oxygens (including phenoxy) is 1. The predicted octanol–water partition coefficient (Wildman–Crippen LogP) is 2.90. The van der Waals surface area contributed by atoms with E-state index in [1.165, 1.54) is 16.8 Å². The van der Waals surface area contributed by atoms with Crippen LogP contribution >= 0.6 is 23.0 Å². The van der Waals surface area contributed by atoms with Crippen LogP contribution in [0.3, 0.4) is 0 Å². The monoisotopic (exact) mass is 509 g/mol. The van der Waals surface area contributed by atoms with E-state index in [9.17, 15) is 14.0 Å². The van der Waals surface area contributed by atoms with Crippen LogP contribution < -0.4 is 5.56 Å². The molecule has 4 rings (SSSR count). The van der Waals surface area contributed by atoms with Gasteiger partial charge in [0.2, 0.25) is 0 Å². The van der Waals surface area contributed by atoms with Crippen LogP contribution in [0.25, 0.3) is 0 Å². The summed E-state index contributed by atoms with van der Waals surface area (Å²) < 4.78 is 26.4. The van der Waals surface area contributed by atoms with Gasteiger partial charge in [0.25, 0.3) is 5.56 Å². The summed E-state index contributed by atoms with van der Waals surface area (Å²) >= 11 is 1.57. The highest BCUT2D eigenvalue weighted by atomic mass is 127. The maximum Gasteiger partial charge on any atom is 0.351 e. The normalized spacial score (nSPS) is 13.9. The Balaban J connectivity index is 1.50. The van der Waals surface area contributed by atoms with Gasteiger partial charge in [0.1, 0.15) is 11.4 Å². The van der Waals surface area contributed by atoms with Crippen molar-refractivity contribution in [2.45, 2.75) is 19.0 Å². The average molecular weight is 509 g/mol. The number of carbonyl (C=O) groups is 1. The fourth-order valence-electron chi connectivity index (χ4n) is 3.17. The van der Waals surface area contributed by atoms with Crippen molar-refractivity contribution in [1.29, 1.82) is 0 Å². The molecule has 0 amide bonds. The third-order valence-electron chi connectivity index (χ3n) is 4.77. The van der Waals surface area contributed by atoms with Crippen LogP contribution in [0, 0.1) is 5.82 Å². The minimum absolute atomic E-state index is 0.105. The zero-order valence-electron chi connectivity index (χ0n) is 15.3. The number of rotatable bonds is 6.